The summed E-state index contributed by atoms with van der Waals surface area (Å²) in [5, 5.41) is 22.2. The van der Waals surface area contributed by atoms with Gasteiger partial charge in [0.2, 0.25) is 11.8 Å². The number of carbonyl (C=O) groups is 3. The Balaban J connectivity index is 1.49. The summed E-state index contributed by atoms with van der Waals surface area (Å²) >= 11 is 1.59. The van der Waals surface area contributed by atoms with Gasteiger partial charge in [0.15, 0.2) is 0 Å². The Kier molecular flexibility index (Phi) is 13.7. The average molecular weight is 697 g/mol. The largest absolute Gasteiger partial charge is 0.390 e. The second-order valence-corrected chi connectivity index (χ2v) is 17.1. The molecule has 1 aromatic heterocycles. The van der Waals surface area contributed by atoms with Crippen LogP contribution >= 0.6 is 11.3 Å². The van der Waals surface area contributed by atoms with Gasteiger partial charge in [-0.05, 0) is 63.4 Å². The van der Waals surface area contributed by atoms with Crippen molar-refractivity contribution in [2.24, 2.45) is 17.8 Å². The van der Waals surface area contributed by atoms with Crippen molar-refractivity contribution in [3.63, 3.8) is 0 Å². The molecule has 49 heavy (non-hydrogen) atoms. The van der Waals surface area contributed by atoms with E-state index in [1.54, 1.807) is 29.5 Å². The molecule has 1 saturated carbocycles. The van der Waals surface area contributed by atoms with Gasteiger partial charge >= 0.3 is 6.03 Å². The predicted molar refractivity (Wildman–Crippen MR) is 196 cm³/mol. The number of nitrogens with one attached hydrogen (secondary N) is 3. The Morgan fingerprint density at radius 1 is 1.04 bits per heavy atom. The van der Waals surface area contributed by atoms with E-state index in [9.17, 15) is 19.5 Å². The molecular formula is C38H60N6O4S. The third kappa shape index (κ3) is 11.2. The smallest absolute Gasteiger partial charge is 0.318 e. The molecule has 2 heterocycles. The summed E-state index contributed by atoms with van der Waals surface area (Å²) in [6, 6.07) is 7.68. The van der Waals surface area contributed by atoms with Crippen LogP contribution in [0.5, 0.6) is 0 Å². The molecule has 0 unspecified atom stereocenters. The van der Waals surface area contributed by atoms with Gasteiger partial charge < -0.3 is 26.0 Å². The molecular weight excluding hydrogens is 637 g/mol. The fraction of sp³-hybridized carbons (Fsp3) is 0.684. The van der Waals surface area contributed by atoms with Crippen molar-refractivity contribution >= 4 is 29.2 Å². The SMILES string of the molecule is CC(C)c1ncc(CN(C)C(=O)N[C@H](C(=O)N[C@@H](Cc2ccccc2)[C@H](O)CN2C[C@@H]3CCCC[C@@H]3C[C@H]2C(=O)NC(C)(C)C)C(C)C)s1. The van der Waals surface area contributed by atoms with E-state index in [4.69, 9.17) is 0 Å². The summed E-state index contributed by atoms with van der Waals surface area (Å²) in [5.41, 5.74) is 0.617. The minimum absolute atomic E-state index is 0.00201. The number of piperidine rings is 1. The van der Waals surface area contributed by atoms with Gasteiger partial charge in [-0.2, -0.15) is 0 Å². The van der Waals surface area contributed by atoms with Gasteiger partial charge in [-0.15, -0.1) is 11.3 Å². The van der Waals surface area contributed by atoms with Crippen LogP contribution in [-0.4, -0.2) is 87.6 Å². The molecule has 6 atom stereocenters. The maximum absolute atomic E-state index is 14.0. The molecule has 2 aliphatic rings. The van der Waals surface area contributed by atoms with E-state index in [1.165, 1.54) is 12.8 Å². The van der Waals surface area contributed by atoms with Gasteiger partial charge in [0, 0.05) is 42.7 Å². The first kappa shape index (κ1) is 38.8. The number of fused-ring (bicyclic) bond motifs is 1. The third-order valence-corrected chi connectivity index (χ3v) is 11.1. The van der Waals surface area contributed by atoms with Crippen LogP contribution in [0.4, 0.5) is 4.79 Å². The predicted octanol–water partition coefficient (Wildman–Crippen LogP) is 5.32. The lowest BCUT2D eigenvalue weighted by Gasteiger charge is -2.47. The van der Waals surface area contributed by atoms with Crippen molar-refractivity contribution in [3.8, 4) is 0 Å². The number of β-amino-alcohol motifs (C(OH)–C–C–N with tert-alkyl or cyclic N) is 1. The first-order valence-electron chi connectivity index (χ1n) is 18.2. The number of hydrogen-bond acceptors (Lipinski definition) is 7. The lowest BCUT2D eigenvalue weighted by Crippen LogP contribution is -2.61. The second kappa shape index (κ2) is 17.3. The first-order chi connectivity index (χ1) is 23.1. The Hall–Kier alpha value is -3.02. The van der Waals surface area contributed by atoms with Gasteiger partial charge in [-0.3, -0.25) is 14.5 Å². The highest BCUT2D eigenvalue weighted by Crippen LogP contribution is 2.39. The zero-order chi connectivity index (χ0) is 35.9. The summed E-state index contributed by atoms with van der Waals surface area (Å²) in [7, 11) is 1.71. The number of nitrogens with zero attached hydrogens (tertiary/aromatic N) is 3. The minimum atomic E-state index is -0.943. The monoisotopic (exact) mass is 696 g/mol. The van der Waals surface area contributed by atoms with Crippen LogP contribution in [-0.2, 0) is 22.6 Å². The number of hydrogen-bond donors (Lipinski definition) is 4. The first-order valence-corrected chi connectivity index (χ1v) is 19.0. The fourth-order valence-corrected chi connectivity index (χ4v) is 8.14. The lowest BCUT2D eigenvalue weighted by atomic mass is 9.72. The number of carbonyl (C=O) groups excluding carboxylic acids is 3. The number of aliphatic hydroxyl groups is 1. The van der Waals surface area contributed by atoms with Crippen molar-refractivity contribution in [2.75, 3.05) is 20.1 Å². The van der Waals surface area contributed by atoms with Gasteiger partial charge in [0.1, 0.15) is 6.04 Å². The number of aliphatic hydroxyl groups excluding tert-OH is 1. The van der Waals surface area contributed by atoms with Crippen LogP contribution in [0.25, 0.3) is 0 Å². The molecule has 1 saturated heterocycles. The zero-order valence-electron chi connectivity index (χ0n) is 30.9. The van der Waals surface area contributed by atoms with Crippen LogP contribution < -0.4 is 16.0 Å². The Bertz CT molecular complexity index is 1380. The summed E-state index contributed by atoms with van der Waals surface area (Å²) < 4.78 is 0. The molecule has 0 spiro atoms. The van der Waals surface area contributed by atoms with Crippen molar-refractivity contribution in [1.82, 2.24) is 30.7 Å². The highest BCUT2D eigenvalue weighted by molar-refractivity contribution is 7.11. The van der Waals surface area contributed by atoms with E-state index in [0.29, 0.717) is 30.7 Å². The highest BCUT2D eigenvalue weighted by Gasteiger charge is 2.42. The second-order valence-electron chi connectivity index (χ2n) is 16.0. The summed E-state index contributed by atoms with van der Waals surface area (Å²) in [6.45, 7) is 15.4. The van der Waals surface area contributed by atoms with Gasteiger partial charge in [0.25, 0.3) is 0 Å². The topological polar surface area (TPSA) is 127 Å². The molecule has 2 fully saturated rings. The molecule has 1 aromatic carbocycles. The molecule has 0 bridgehead atoms. The normalized spacial score (nSPS) is 21.8. The summed E-state index contributed by atoms with van der Waals surface area (Å²) in [5.74, 6) is 0.790. The van der Waals surface area contributed by atoms with Crippen molar-refractivity contribution in [1.29, 1.82) is 0 Å². The maximum Gasteiger partial charge on any atom is 0.318 e. The van der Waals surface area contributed by atoms with Crippen molar-refractivity contribution < 1.29 is 19.5 Å². The molecule has 2 aromatic rings. The fourth-order valence-electron chi connectivity index (χ4n) is 7.16. The number of amides is 4. The molecule has 4 N–H and O–H groups in total. The average Bonchev–Trinajstić information content (AvgIpc) is 3.51. The number of rotatable bonds is 13. The van der Waals surface area contributed by atoms with Crippen LogP contribution in [0, 0.1) is 17.8 Å². The molecule has 4 rings (SSSR count). The van der Waals surface area contributed by atoms with Crippen LogP contribution in [0.15, 0.2) is 36.5 Å². The molecule has 0 radical (unpaired) electrons. The van der Waals surface area contributed by atoms with Gasteiger partial charge in [0.05, 0.1) is 29.7 Å². The molecule has 4 amide bonds. The number of likely N-dealkylation sites (tertiary alicyclic amines) is 1. The molecule has 1 aliphatic heterocycles. The third-order valence-electron chi connectivity index (χ3n) is 9.85. The quantitative estimate of drug-likeness (QED) is 0.225. The van der Waals surface area contributed by atoms with Crippen LogP contribution in [0.3, 0.4) is 0 Å². The van der Waals surface area contributed by atoms with Crippen LogP contribution in [0.2, 0.25) is 0 Å². The molecule has 1 aliphatic carbocycles. The highest BCUT2D eigenvalue weighted by atomic mass is 32.1. The number of urea groups is 1. The van der Waals surface area contributed by atoms with Gasteiger partial charge in [-0.1, -0.05) is 77.3 Å². The lowest BCUT2D eigenvalue weighted by molar-refractivity contribution is -0.133. The van der Waals surface area contributed by atoms with Gasteiger partial charge in [-0.25, -0.2) is 9.78 Å². The van der Waals surface area contributed by atoms with E-state index in [0.717, 1.165) is 41.3 Å². The number of benzene rings is 1. The molecule has 11 heteroatoms. The van der Waals surface area contributed by atoms with E-state index in [1.807, 2.05) is 65.0 Å². The molecule has 10 nitrogen and oxygen atoms in total. The minimum Gasteiger partial charge on any atom is -0.390 e. The maximum atomic E-state index is 14.0. The standard InChI is InChI=1S/C38H60N6O4S/c1-24(2)33(41-37(48)43(8)22-29-20-39-36(49-29)25(3)4)35(47)40-30(18-26-14-10-9-11-15-26)32(45)23-44-21-28-17-13-12-16-27(28)19-31(44)34(46)42-38(5,6)7/h9-11,14-15,20,24-25,27-28,30-33,45H,12-13,16-19,21-23H2,1-8H3,(H,40,47)(H,41,48)(H,42,46)/t27-,28+,30+,31+,32-,33+/m1/s1. The Morgan fingerprint density at radius 2 is 1.71 bits per heavy atom. The number of thiazole rings is 1. The van der Waals surface area contributed by atoms with Crippen molar-refractivity contribution in [2.45, 2.75) is 129 Å². The molecule has 272 valence electrons. The Labute approximate surface area is 297 Å². The van der Waals surface area contributed by atoms with E-state index in [-0.39, 0.29) is 41.9 Å². The van der Waals surface area contributed by atoms with Crippen LogP contribution in [0.1, 0.15) is 102 Å². The van der Waals surface area contributed by atoms with E-state index < -0.39 is 18.2 Å². The van der Waals surface area contributed by atoms with E-state index in [2.05, 4.69) is 39.7 Å². The van der Waals surface area contributed by atoms with E-state index >= 15 is 0 Å². The number of aromatic nitrogens is 1. The summed E-state index contributed by atoms with van der Waals surface area (Å²) in [4.78, 5) is 50.1. The summed E-state index contributed by atoms with van der Waals surface area (Å²) in [6.07, 6.45) is 6.75. The zero-order valence-corrected chi connectivity index (χ0v) is 31.7. The van der Waals surface area contributed by atoms with Crippen molar-refractivity contribution in [3.05, 3.63) is 52.0 Å². The Morgan fingerprint density at radius 3 is 2.33 bits per heavy atom.